The topological polar surface area (TPSA) is 91.7 Å². The van der Waals surface area contributed by atoms with Crippen molar-refractivity contribution < 1.29 is 14.0 Å². The molecule has 0 unspecified atom stereocenters. The second kappa shape index (κ2) is 7.56. The van der Waals surface area contributed by atoms with E-state index in [2.05, 4.69) is 10.6 Å². The molecule has 4 rings (SSSR count). The number of rotatable bonds is 5. The van der Waals surface area contributed by atoms with Crippen molar-refractivity contribution in [3.8, 4) is 11.1 Å². The van der Waals surface area contributed by atoms with E-state index < -0.39 is 5.63 Å². The molecule has 0 bridgehead atoms. The zero-order valence-electron chi connectivity index (χ0n) is 15.1. The fourth-order valence-corrected chi connectivity index (χ4v) is 3.22. The van der Waals surface area contributed by atoms with Gasteiger partial charge in [-0.25, -0.2) is 9.59 Å². The maximum absolute atomic E-state index is 12.4. The van der Waals surface area contributed by atoms with Gasteiger partial charge in [-0.05, 0) is 29.8 Å². The van der Waals surface area contributed by atoms with E-state index in [1.807, 2.05) is 18.2 Å². The van der Waals surface area contributed by atoms with Gasteiger partial charge in [0.05, 0.1) is 5.56 Å². The van der Waals surface area contributed by atoms with Crippen LogP contribution in [0.2, 0.25) is 0 Å². The number of hydrogen-bond acceptors (Lipinski definition) is 4. The Hall–Kier alpha value is -3.61. The third-order valence-corrected chi connectivity index (χ3v) is 4.69. The Balaban J connectivity index is 1.51. The summed E-state index contributed by atoms with van der Waals surface area (Å²) in [6.45, 7) is 2.07. The highest BCUT2D eigenvalue weighted by Gasteiger charge is 2.19. The summed E-state index contributed by atoms with van der Waals surface area (Å²) in [6.07, 6.45) is 0. The second-order valence-corrected chi connectivity index (χ2v) is 6.54. The van der Waals surface area contributed by atoms with Gasteiger partial charge in [0.1, 0.15) is 5.58 Å². The molecular formula is C21H19N3O4. The quantitative estimate of drug-likeness (QED) is 0.667. The van der Waals surface area contributed by atoms with Gasteiger partial charge >= 0.3 is 11.7 Å². The van der Waals surface area contributed by atoms with Crippen molar-refractivity contribution in [2.75, 3.05) is 26.2 Å². The molecule has 3 amide bonds. The van der Waals surface area contributed by atoms with E-state index in [4.69, 9.17) is 4.42 Å². The molecule has 1 aromatic heterocycles. The third kappa shape index (κ3) is 3.59. The first-order chi connectivity index (χ1) is 13.6. The van der Waals surface area contributed by atoms with Crippen molar-refractivity contribution in [3.63, 3.8) is 0 Å². The monoisotopic (exact) mass is 377 g/mol. The van der Waals surface area contributed by atoms with Crippen LogP contribution in [-0.2, 0) is 0 Å². The molecule has 2 heterocycles. The first kappa shape index (κ1) is 17.8. The average molecular weight is 377 g/mol. The minimum atomic E-state index is -0.448. The van der Waals surface area contributed by atoms with Crippen molar-refractivity contribution in [2.45, 2.75) is 0 Å². The first-order valence-corrected chi connectivity index (χ1v) is 9.06. The smallest absolute Gasteiger partial charge is 0.344 e. The van der Waals surface area contributed by atoms with Gasteiger partial charge in [0.2, 0.25) is 0 Å². The molecule has 0 aliphatic carbocycles. The fourth-order valence-electron chi connectivity index (χ4n) is 3.22. The summed E-state index contributed by atoms with van der Waals surface area (Å²) in [5, 5.41) is 6.34. The Morgan fingerprint density at radius 2 is 1.96 bits per heavy atom. The molecular weight excluding hydrogens is 358 g/mol. The predicted molar refractivity (Wildman–Crippen MR) is 105 cm³/mol. The highest BCUT2D eigenvalue weighted by Crippen LogP contribution is 2.21. The number of amides is 3. The van der Waals surface area contributed by atoms with Crippen molar-refractivity contribution in [1.82, 2.24) is 15.5 Å². The van der Waals surface area contributed by atoms with Crippen LogP contribution in [0.15, 0.2) is 63.8 Å². The number of benzene rings is 2. The second-order valence-electron chi connectivity index (χ2n) is 6.54. The van der Waals surface area contributed by atoms with Gasteiger partial charge in [0, 0.05) is 37.1 Å². The van der Waals surface area contributed by atoms with Gasteiger partial charge in [0.15, 0.2) is 0 Å². The Morgan fingerprint density at radius 3 is 2.79 bits per heavy atom. The molecule has 7 nitrogen and oxygen atoms in total. The van der Waals surface area contributed by atoms with Crippen molar-refractivity contribution in [3.05, 3.63) is 70.6 Å². The Morgan fingerprint density at radius 1 is 1.11 bits per heavy atom. The molecule has 28 heavy (non-hydrogen) atoms. The lowest BCUT2D eigenvalue weighted by molar-refractivity contribution is 0.0950. The van der Waals surface area contributed by atoms with Gasteiger partial charge in [-0.3, -0.25) is 4.79 Å². The van der Waals surface area contributed by atoms with E-state index in [1.165, 1.54) is 0 Å². The molecule has 1 saturated heterocycles. The van der Waals surface area contributed by atoms with Crippen molar-refractivity contribution in [1.29, 1.82) is 0 Å². The summed E-state index contributed by atoms with van der Waals surface area (Å²) < 4.78 is 5.38. The summed E-state index contributed by atoms with van der Waals surface area (Å²) in [6, 6.07) is 15.8. The lowest BCUT2D eigenvalue weighted by Crippen LogP contribution is -2.36. The Kier molecular flexibility index (Phi) is 4.80. The van der Waals surface area contributed by atoms with Crippen LogP contribution < -0.4 is 16.3 Å². The van der Waals surface area contributed by atoms with Crippen LogP contribution in [0.25, 0.3) is 22.1 Å². The summed E-state index contributed by atoms with van der Waals surface area (Å²) in [5.74, 6) is -0.258. The van der Waals surface area contributed by atoms with Gasteiger partial charge in [-0.2, -0.15) is 0 Å². The number of fused-ring (bicyclic) bond motifs is 1. The van der Waals surface area contributed by atoms with E-state index in [0.29, 0.717) is 48.5 Å². The van der Waals surface area contributed by atoms with E-state index in [-0.39, 0.29) is 11.9 Å². The van der Waals surface area contributed by atoms with Crippen molar-refractivity contribution in [2.24, 2.45) is 0 Å². The normalized spacial score (nSPS) is 13.6. The van der Waals surface area contributed by atoms with E-state index in [1.54, 1.807) is 41.3 Å². The first-order valence-electron chi connectivity index (χ1n) is 9.06. The van der Waals surface area contributed by atoms with Gasteiger partial charge in [0.25, 0.3) is 5.91 Å². The third-order valence-electron chi connectivity index (χ3n) is 4.69. The number of para-hydroxylation sites is 1. The van der Waals surface area contributed by atoms with Crippen LogP contribution in [0.3, 0.4) is 0 Å². The molecule has 1 aliphatic rings. The summed E-state index contributed by atoms with van der Waals surface area (Å²) in [5.41, 5.74) is 1.54. The predicted octanol–water partition coefficient (Wildman–Crippen LogP) is 2.22. The molecule has 142 valence electrons. The van der Waals surface area contributed by atoms with E-state index in [9.17, 15) is 14.4 Å². The number of nitrogens with one attached hydrogen (secondary N) is 2. The molecule has 7 heteroatoms. The molecule has 0 radical (unpaired) electrons. The zero-order chi connectivity index (χ0) is 19.5. The van der Waals surface area contributed by atoms with E-state index in [0.717, 1.165) is 5.39 Å². The summed E-state index contributed by atoms with van der Waals surface area (Å²) in [7, 11) is 0. The van der Waals surface area contributed by atoms with Gasteiger partial charge in [-0.15, -0.1) is 0 Å². The highest BCUT2D eigenvalue weighted by molar-refractivity contribution is 5.95. The standard InChI is InChI=1S/C21H19N3O4/c25-19(22-8-10-24-11-9-23-21(24)27)16-6-3-5-14(12-16)17-13-15-4-1-2-7-18(15)28-20(17)26/h1-7,12-13H,8-11H2,(H,22,25)(H,23,27). The van der Waals surface area contributed by atoms with Crippen LogP contribution in [0, 0.1) is 0 Å². The molecule has 3 aromatic rings. The number of nitrogens with zero attached hydrogens (tertiary/aromatic N) is 1. The van der Waals surface area contributed by atoms with Crippen LogP contribution >= 0.6 is 0 Å². The Bertz CT molecular complexity index is 1110. The number of carbonyl (C=O) groups is 2. The summed E-state index contributed by atoms with van der Waals surface area (Å²) >= 11 is 0. The van der Waals surface area contributed by atoms with Crippen molar-refractivity contribution >= 4 is 22.9 Å². The summed E-state index contributed by atoms with van der Waals surface area (Å²) in [4.78, 5) is 38.0. The SMILES string of the molecule is O=C(NCCN1CCNC1=O)c1cccc(-c2cc3ccccc3oc2=O)c1. The Labute approximate surface area is 161 Å². The van der Waals surface area contributed by atoms with Gasteiger partial charge in [-0.1, -0.05) is 30.3 Å². The minimum absolute atomic E-state index is 0.112. The largest absolute Gasteiger partial charge is 0.422 e. The minimum Gasteiger partial charge on any atom is -0.422 e. The van der Waals surface area contributed by atoms with Crippen LogP contribution in [0.1, 0.15) is 10.4 Å². The molecule has 2 N–H and O–H groups in total. The van der Waals surface area contributed by atoms with Gasteiger partial charge < -0.3 is 20.0 Å². The van der Waals surface area contributed by atoms with Crippen LogP contribution in [0.4, 0.5) is 4.79 Å². The molecule has 0 atom stereocenters. The van der Waals surface area contributed by atoms with Crippen LogP contribution in [0.5, 0.6) is 0 Å². The lowest BCUT2D eigenvalue weighted by atomic mass is 10.0. The zero-order valence-corrected chi connectivity index (χ0v) is 15.1. The molecule has 1 fully saturated rings. The fraction of sp³-hybridized carbons (Fsp3) is 0.190. The lowest BCUT2D eigenvalue weighted by Gasteiger charge is -2.14. The van der Waals surface area contributed by atoms with Crippen LogP contribution in [-0.4, -0.2) is 43.0 Å². The molecule has 0 spiro atoms. The maximum atomic E-state index is 12.4. The molecule has 1 aliphatic heterocycles. The molecule has 2 aromatic carbocycles. The number of carbonyl (C=O) groups excluding carboxylic acids is 2. The average Bonchev–Trinajstić information content (AvgIpc) is 3.12. The number of hydrogen-bond donors (Lipinski definition) is 2. The maximum Gasteiger partial charge on any atom is 0.344 e. The number of urea groups is 1. The van der Waals surface area contributed by atoms with E-state index >= 15 is 0 Å². The molecule has 0 saturated carbocycles. The highest BCUT2D eigenvalue weighted by atomic mass is 16.4.